The zero-order valence-corrected chi connectivity index (χ0v) is 18.2. The van der Waals surface area contributed by atoms with E-state index in [0.717, 1.165) is 42.4 Å². The summed E-state index contributed by atoms with van der Waals surface area (Å²) >= 11 is 0. The lowest BCUT2D eigenvalue weighted by Gasteiger charge is -2.36. The van der Waals surface area contributed by atoms with Crippen molar-refractivity contribution in [1.29, 1.82) is 0 Å². The van der Waals surface area contributed by atoms with Gasteiger partial charge in [-0.05, 0) is 29.8 Å². The average Bonchev–Trinajstić information content (AvgIpc) is 3.15. The molecule has 1 unspecified atom stereocenters. The van der Waals surface area contributed by atoms with Gasteiger partial charge < -0.3 is 19.5 Å². The fourth-order valence-electron chi connectivity index (χ4n) is 3.79. The van der Waals surface area contributed by atoms with Gasteiger partial charge in [0.05, 0.1) is 31.4 Å². The number of alkyl halides is 3. The van der Waals surface area contributed by atoms with Crippen LogP contribution >= 0.6 is 0 Å². The van der Waals surface area contributed by atoms with Crippen LogP contribution in [-0.4, -0.2) is 67.3 Å². The number of halogens is 3. The van der Waals surface area contributed by atoms with E-state index in [4.69, 9.17) is 4.74 Å². The second kappa shape index (κ2) is 10.2. The van der Waals surface area contributed by atoms with Crippen LogP contribution in [0.25, 0.3) is 0 Å². The maximum Gasteiger partial charge on any atom is 0.416 e. The van der Waals surface area contributed by atoms with Gasteiger partial charge in [-0.1, -0.05) is 12.1 Å². The molecular weight excluding hydrogens is 407 g/mol. The van der Waals surface area contributed by atoms with E-state index < -0.39 is 11.7 Å². The normalized spacial score (nSPS) is 16.9. The quantitative estimate of drug-likeness (QED) is 0.557. The Kier molecular flexibility index (Phi) is 7.61. The molecule has 1 aliphatic heterocycles. The summed E-state index contributed by atoms with van der Waals surface area (Å²) in [6.45, 7) is 3.88. The van der Waals surface area contributed by atoms with Crippen molar-refractivity contribution in [3.8, 4) is 0 Å². The van der Waals surface area contributed by atoms with Crippen LogP contribution in [0.1, 0.15) is 22.9 Å². The molecule has 1 N–H and O–H groups in total. The molecule has 0 aliphatic carbocycles. The zero-order chi connectivity index (χ0) is 22.4. The first-order valence-corrected chi connectivity index (χ1v) is 10.3. The first-order chi connectivity index (χ1) is 14.8. The van der Waals surface area contributed by atoms with Crippen LogP contribution in [0.2, 0.25) is 0 Å². The van der Waals surface area contributed by atoms with E-state index in [1.54, 1.807) is 19.2 Å². The van der Waals surface area contributed by atoms with Crippen molar-refractivity contribution < 1.29 is 17.9 Å². The number of hydrogen-bond donors (Lipinski definition) is 1. The summed E-state index contributed by atoms with van der Waals surface area (Å²) in [7, 11) is 5.69. The largest absolute Gasteiger partial charge is 0.416 e. The zero-order valence-electron chi connectivity index (χ0n) is 18.2. The van der Waals surface area contributed by atoms with Crippen LogP contribution in [-0.2, 0) is 24.5 Å². The molecule has 0 radical (unpaired) electrons. The van der Waals surface area contributed by atoms with E-state index in [9.17, 15) is 13.2 Å². The maximum atomic E-state index is 13.0. The Morgan fingerprint density at radius 1 is 1.19 bits per heavy atom. The first-order valence-electron chi connectivity index (χ1n) is 10.3. The molecule has 0 spiro atoms. The summed E-state index contributed by atoms with van der Waals surface area (Å²) in [4.78, 5) is 8.65. The van der Waals surface area contributed by atoms with Gasteiger partial charge in [0.1, 0.15) is 0 Å². The van der Waals surface area contributed by atoms with Crippen molar-refractivity contribution in [2.75, 3.05) is 46.9 Å². The Morgan fingerprint density at radius 2 is 1.87 bits per heavy atom. The standard InChI is InChI=1S/C22H30F3N5O/c1-26-21(29(3)16-19-5-4-10-28(19)2)27-15-20(30-11-13-31-14-12-30)17-6-8-18(9-7-17)22(23,24)25/h4-10,20H,11-16H2,1-3H3,(H,26,27). The van der Waals surface area contributed by atoms with Crippen molar-refractivity contribution in [2.45, 2.75) is 18.8 Å². The molecule has 0 saturated carbocycles. The molecule has 1 aromatic heterocycles. The van der Waals surface area contributed by atoms with Gasteiger partial charge in [-0.15, -0.1) is 0 Å². The van der Waals surface area contributed by atoms with E-state index in [-0.39, 0.29) is 6.04 Å². The summed E-state index contributed by atoms with van der Waals surface area (Å²) < 4.78 is 46.5. The second-order valence-corrected chi connectivity index (χ2v) is 7.68. The molecule has 6 nitrogen and oxygen atoms in total. The molecule has 0 amide bonds. The van der Waals surface area contributed by atoms with Crippen LogP contribution in [0.5, 0.6) is 0 Å². The lowest BCUT2D eigenvalue weighted by Crippen LogP contribution is -2.46. The van der Waals surface area contributed by atoms with Crippen LogP contribution in [0.3, 0.4) is 0 Å². The monoisotopic (exact) mass is 437 g/mol. The Morgan fingerprint density at radius 3 is 2.42 bits per heavy atom. The molecule has 2 heterocycles. The lowest BCUT2D eigenvalue weighted by molar-refractivity contribution is -0.137. The molecule has 170 valence electrons. The van der Waals surface area contributed by atoms with Crippen LogP contribution in [0.4, 0.5) is 13.2 Å². The van der Waals surface area contributed by atoms with E-state index >= 15 is 0 Å². The third kappa shape index (κ3) is 6.01. The summed E-state index contributed by atoms with van der Waals surface area (Å²) in [5.41, 5.74) is 1.35. The average molecular weight is 438 g/mol. The summed E-state index contributed by atoms with van der Waals surface area (Å²) in [6, 6.07) is 9.41. The topological polar surface area (TPSA) is 45.0 Å². The van der Waals surface area contributed by atoms with Gasteiger partial charge >= 0.3 is 6.18 Å². The molecule has 1 aliphatic rings. The fourth-order valence-corrected chi connectivity index (χ4v) is 3.79. The fraction of sp³-hybridized carbons (Fsp3) is 0.500. The van der Waals surface area contributed by atoms with Gasteiger partial charge in [-0.25, -0.2) is 0 Å². The lowest BCUT2D eigenvalue weighted by atomic mass is 10.0. The molecule has 0 bridgehead atoms. The van der Waals surface area contributed by atoms with Gasteiger partial charge in [0, 0.05) is 52.7 Å². The van der Waals surface area contributed by atoms with Gasteiger partial charge in [0.25, 0.3) is 0 Å². The number of nitrogens with one attached hydrogen (secondary N) is 1. The summed E-state index contributed by atoms with van der Waals surface area (Å²) in [5, 5.41) is 3.40. The van der Waals surface area contributed by atoms with Gasteiger partial charge in [0.2, 0.25) is 0 Å². The van der Waals surface area contributed by atoms with Crippen molar-refractivity contribution in [3.63, 3.8) is 0 Å². The number of aromatic nitrogens is 1. The van der Waals surface area contributed by atoms with Crippen LogP contribution < -0.4 is 5.32 Å². The minimum atomic E-state index is -4.34. The molecular formula is C22H30F3N5O. The van der Waals surface area contributed by atoms with Crippen molar-refractivity contribution in [1.82, 2.24) is 19.7 Å². The maximum absolute atomic E-state index is 13.0. The smallest absolute Gasteiger partial charge is 0.379 e. The number of aryl methyl sites for hydroxylation is 1. The predicted molar refractivity (Wildman–Crippen MR) is 115 cm³/mol. The molecule has 1 aromatic carbocycles. The van der Waals surface area contributed by atoms with E-state index in [1.165, 1.54) is 0 Å². The number of benzene rings is 1. The van der Waals surface area contributed by atoms with Crippen molar-refractivity contribution >= 4 is 5.96 Å². The number of ether oxygens (including phenoxy) is 1. The molecule has 1 atom stereocenters. The highest BCUT2D eigenvalue weighted by molar-refractivity contribution is 5.79. The number of hydrogen-bond acceptors (Lipinski definition) is 3. The molecule has 9 heteroatoms. The molecule has 2 aromatic rings. The molecule has 1 saturated heterocycles. The number of nitrogens with zero attached hydrogens (tertiary/aromatic N) is 4. The highest BCUT2D eigenvalue weighted by Crippen LogP contribution is 2.31. The minimum Gasteiger partial charge on any atom is -0.379 e. The number of rotatable bonds is 6. The Bertz CT molecular complexity index is 857. The highest BCUT2D eigenvalue weighted by Gasteiger charge is 2.31. The predicted octanol–water partition coefficient (Wildman–Crippen LogP) is 3.12. The van der Waals surface area contributed by atoms with Crippen LogP contribution in [0.15, 0.2) is 47.6 Å². The Labute approximate surface area is 181 Å². The minimum absolute atomic E-state index is 0.0913. The molecule has 1 fully saturated rings. The Hall–Kier alpha value is -2.52. The van der Waals surface area contributed by atoms with Gasteiger partial charge in [0.15, 0.2) is 5.96 Å². The van der Waals surface area contributed by atoms with Gasteiger partial charge in [-0.2, -0.15) is 13.2 Å². The van der Waals surface area contributed by atoms with Crippen molar-refractivity contribution in [3.05, 3.63) is 59.4 Å². The highest BCUT2D eigenvalue weighted by atomic mass is 19.4. The van der Waals surface area contributed by atoms with E-state index in [1.807, 2.05) is 31.3 Å². The second-order valence-electron chi connectivity index (χ2n) is 7.68. The van der Waals surface area contributed by atoms with Gasteiger partial charge in [-0.3, -0.25) is 9.89 Å². The SMILES string of the molecule is CN=C(NCC(c1ccc(C(F)(F)F)cc1)N1CCOCC1)N(C)Cc1cccn1C. The summed E-state index contributed by atoms with van der Waals surface area (Å²) in [6.07, 6.45) is -2.34. The number of morpholine rings is 1. The summed E-state index contributed by atoms with van der Waals surface area (Å²) in [5.74, 6) is 0.728. The van der Waals surface area contributed by atoms with Crippen molar-refractivity contribution in [2.24, 2.45) is 12.0 Å². The molecule has 3 rings (SSSR count). The number of guanidine groups is 1. The first kappa shape index (κ1) is 23.1. The Balaban J connectivity index is 1.72. The van der Waals surface area contributed by atoms with Crippen LogP contribution in [0, 0.1) is 0 Å². The third-order valence-electron chi connectivity index (χ3n) is 5.59. The molecule has 31 heavy (non-hydrogen) atoms. The van der Waals surface area contributed by atoms with E-state index in [0.29, 0.717) is 26.3 Å². The third-order valence-corrected chi connectivity index (χ3v) is 5.59. The van der Waals surface area contributed by atoms with E-state index in [2.05, 4.69) is 25.8 Å². The number of aliphatic imine (C=N–C) groups is 1.